The molecule has 0 saturated carbocycles. The normalized spacial score (nSPS) is 15.1. The van der Waals surface area contributed by atoms with Gasteiger partial charge in [0.2, 0.25) is 0 Å². The summed E-state index contributed by atoms with van der Waals surface area (Å²) < 4.78 is 46.5. The summed E-state index contributed by atoms with van der Waals surface area (Å²) in [6.07, 6.45) is -3.49. The molecule has 0 unspecified atom stereocenters. The Morgan fingerprint density at radius 3 is 2.42 bits per heavy atom. The fourth-order valence-corrected chi connectivity index (χ4v) is 6.31. The lowest BCUT2D eigenvalue weighted by atomic mass is 9.81. The molecule has 0 aliphatic carbocycles. The van der Waals surface area contributed by atoms with Gasteiger partial charge in [-0.3, -0.25) is 9.51 Å². The molecule has 1 aliphatic heterocycles. The Labute approximate surface area is 218 Å². The summed E-state index contributed by atoms with van der Waals surface area (Å²) >= 11 is 5.16. The molecule has 186 valence electrons. The minimum absolute atomic E-state index is 0.00383. The minimum atomic E-state index is -4.35. The van der Waals surface area contributed by atoms with Crippen LogP contribution in [0.25, 0.3) is 22.5 Å². The third-order valence-electron chi connectivity index (χ3n) is 5.99. The van der Waals surface area contributed by atoms with Gasteiger partial charge in [-0.2, -0.15) is 13.2 Å². The zero-order valence-electron chi connectivity index (χ0n) is 19.3. The lowest BCUT2D eigenvalue weighted by Crippen LogP contribution is -2.36. The van der Waals surface area contributed by atoms with Crippen molar-refractivity contribution in [1.29, 1.82) is 0 Å². The number of alkyl halides is 3. The molecule has 0 radical (unpaired) electrons. The Morgan fingerprint density at radius 1 is 1.06 bits per heavy atom. The highest BCUT2D eigenvalue weighted by atomic mass is 79.9. The van der Waals surface area contributed by atoms with Gasteiger partial charge in [-0.15, -0.1) is 0 Å². The maximum Gasteiger partial charge on any atom is 0.439 e. The first-order chi connectivity index (χ1) is 17.0. The van der Waals surface area contributed by atoms with Crippen molar-refractivity contribution in [3.8, 4) is 22.5 Å². The molecule has 3 aromatic carbocycles. The first kappa shape index (κ1) is 24.7. The van der Waals surface area contributed by atoms with Crippen LogP contribution >= 0.6 is 27.9 Å². The number of aromatic amines is 1. The summed E-state index contributed by atoms with van der Waals surface area (Å²) in [7, 11) is 0. The number of nitrogens with one attached hydrogen (secondary N) is 1. The van der Waals surface area contributed by atoms with E-state index in [2.05, 4.69) is 54.8 Å². The topological polar surface area (TPSA) is 62.1 Å². The van der Waals surface area contributed by atoms with Crippen molar-refractivity contribution in [3.05, 3.63) is 86.8 Å². The molecule has 5 rings (SSSR count). The molecule has 5 nitrogen and oxygen atoms in total. The van der Waals surface area contributed by atoms with Gasteiger partial charge in [-0.1, -0.05) is 37.2 Å². The summed E-state index contributed by atoms with van der Waals surface area (Å²) in [6, 6.07) is 17.1. The molecule has 0 saturated heterocycles. The van der Waals surface area contributed by atoms with Gasteiger partial charge in [0.05, 0.1) is 11.3 Å². The zero-order valence-corrected chi connectivity index (χ0v) is 21.7. The van der Waals surface area contributed by atoms with Crippen LogP contribution in [0.1, 0.15) is 25.0 Å². The molecular formula is C26H21BrF3N3O2S. The van der Waals surface area contributed by atoms with Crippen LogP contribution in [0.5, 0.6) is 0 Å². The summed E-state index contributed by atoms with van der Waals surface area (Å²) in [6.45, 7) is 5.22. The number of hydrogen-bond donors (Lipinski definition) is 1. The number of H-pyrrole nitrogens is 1. The molecule has 0 atom stereocenters. The molecular weight excluding hydrogens is 555 g/mol. The fraction of sp³-hybridized carbons (Fsp3) is 0.231. The predicted molar refractivity (Wildman–Crippen MR) is 138 cm³/mol. The van der Waals surface area contributed by atoms with E-state index in [1.807, 2.05) is 30.3 Å². The summed E-state index contributed by atoms with van der Waals surface area (Å²) in [4.78, 5) is 14.8. The summed E-state index contributed by atoms with van der Waals surface area (Å²) in [5.74, 6) is -0.262. The van der Waals surface area contributed by atoms with E-state index in [9.17, 15) is 18.0 Å². The van der Waals surface area contributed by atoms with Gasteiger partial charge in [-0.05, 0) is 98.9 Å². The number of benzene rings is 3. The van der Waals surface area contributed by atoms with Gasteiger partial charge in [0.15, 0.2) is 5.82 Å². The van der Waals surface area contributed by atoms with Crippen molar-refractivity contribution in [1.82, 2.24) is 10.1 Å². The summed E-state index contributed by atoms with van der Waals surface area (Å²) in [5, 5.41) is 3.74. The Morgan fingerprint density at radius 2 is 1.78 bits per heavy atom. The molecule has 10 heteroatoms. The number of aromatic nitrogens is 2. The Bertz CT molecular complexity index is 1480. The number of halogens is 4. The Hall–Kier alpha value is -2.98. The first-order valence-electron chi connectivity index (χ1n) is 11.1. The zero-order chi connectivity index (χ0) is 25.7. The van der Waals surface area contributed by atoms with Crippen molar-refractivity contribution in [2.24, 2.45) is 5.41 Å². The van der Waals surface area contributed by atoms with Crippen LogP contribution in [0.4, 0.5) is 18.9 Å². The quantitative estimate of drug-likeness (QED) is 0.254. The maximum atomic E-state index is 13.0. The lowest BCUT2D eigenvalue weighted by Gasteiger charge is -2.40. The van der Waals surface area contributed by atoms with Crippen molar-refractivity contribution in [3.63, 3.8) is 0 Å². The van der Waals surface area contributed by atoms with Crippen LogP contribution < -0.4 is 10.1 Å². The van der Waals surface area contributed by atoms with Crippen molar-refractivity contribution < 1.29 is 17.7 Å². The third kappa shape index (κ3) is 5.10. The number of fused-ring (bicyclic) bond motifs is 1. The number of hydrogen-bond acceptors (Lipinski definition) is 5. The Balaban J connectivity index is 1.43. The highest BCUT2D eigenvalue weighted by Gasteiger charge is 2.32. The monoisotopic (exact) mass is 575 g/mol. The molecule has 1 aromatic heterocycles. The van der Waals surface area contributed by atoms with Gasteiger partial charge >= 0.3 is 11.9 Å². The molecule has 4 aromatic rings. The second-order valence-electron chi connectivity index (χ2n) is 9.47. The molecule has 2 heterocycles. The molecule has 0 bridgehead atoms. The number of rotatable bonds is 4. The van der Waals surface area contributed by atoms with Crippen LogP contribution in [0, 0.1) is 5.41 Å². The van der Waals surface area contributed by atoms with Crippen LogP contribution in [0.15, 0.2) is 79.3 Å². The first-order valence-corrected chi connectivity index (χ1v) is 12.7. The average molecular weight is 576 g/mol. The van der Waals surface area contributed by atoms with Crippen molar-refractivity contribution in [2.75, 3.05) is 10.8 Å². The van der Waals surface area contributed by atoms with E-state index in [0.717, 1.165) is 56.8 Å². The molecule has 0 spiro atoms. The van der Waals surface area contributed by atoms with E-state index in [1.54, 1.807) is 11.9 Å². The standard InChI is InChI=1S/C26H21BrF3N3O2S/c1-25(2)13-17-11-16(15-3-6-18(7-4-15)26(28,29)30)5-10-22(17)33(14-25)36-19-8-9-20(21(27)12-19)23-31-24(34)35-32-23/h3-12H,13-14H2,1-2H3,(H,31,32,34). The van der Waals surface area contributed by atoms with Crippen molar-refractivity contribution >= 4 is 33.6 Å². The van der Waals surface area contributed by atoms with Crippen molar-refractivity contribution in [2.45, 2.75) is 31.3 Å². The predicted octanol–water partition coefficient (Wildman–Crippen LogP) is 7.57. The van der Waals surface area contributed by atoms with Gasteiger partial charge in [0.25, 0.3) is 0 Å². The maximum absolute atomic E-state index is 13.0. The van der Waals surface area contributed by atoms with Crippen LogP contribution in [0.3, 0.4) is 0 Å². The van der Waals surface area contributed by atoms with E-state index < -0.39 is 17.5 Å². The molecule has 36 heavy (non-hydrogen) atoms. The van der Waals surface area contributed by atoms with E-state index in [4.69, 9.17) is 0 Å². The second-order valence-corrected chi connectivity index (χ2v) is 11.4. The molecule has 0 amide bonds. The van der Waals surface area contributed by atoms with E-state index in [1.165, 1.54) is 12.1 Å². The SMILES string of the molecule is CC1(C)Cc2cc(-c3ccc(C(F)(F)F)cc3)ccc2N(Sc2ccc(-c3noc(=O)[nH]3)c(Br)c2)C1. The molecule has 1 aliphatic rings. The minimum Gasteiger partial charge on any atom is -0.311 e. The van der Waals surface area contributed by atoms with Gasteiger partial charge < -0.3 is 4.31 Å². The highest BCUT2D eigenvalue weighted by Crippen LogP contribution is 2.44. The van der Waals surface area contributed by atoms with Crippen LogP contribution in [-0.2, 0) is 12.6 Å². The van der Waals surface area contributed by atoms with Gasteiger partial charge in [-0.25, -0.2) is 4.79 Å². The third-order valence-corrected chi connectivity index (χ3v) is 7.65. The van der Waals surface area contributed by atoms with E-state index in [0.29, 0.717) is 11.4 Å². The van der Waals surface area contributed by atoms with E-state index >= 15 is 0 Å². The largest absolute Gasteiger partial charge is 0.439 e. The van der Waals surface area contributed by atoms with E-state index in [-0.39, 0.29) is 5.41 Å². The van der Waals surface area contributed by atoms with Crippen LogP contribution in [0.2, 0.25) is 0 Å². The second kappa shape index (κ2) is 9.15. The smallest absolute Gasteiger partial charge is 0.311 e. The summed E-state index contributed by atoms with van der Waals surface area (Å²) in [5.41, 5.74) is 3.92. The Kier molecular flexibility index (Phi) is 6.28. The highest BCUT2D eigenvalue weighted by molar-refractivity contribution is 9.10. The molecule has 1 N–H and O–H groups in total. The average Bonchev–Trinajstić information content (AvgIpc) is 3.23. The molecule has 0 fully saturated rings. The van der Waals surface area contributed by atoms with Gasteiger partial charge in [0.1, 0.15) is 0 Å². The lowest BCUT2D eigenvalue weighted by molar-refractivity contribution is -0.137. The van der Waals surface area contributed by atoms with Crippen LogP contribution in [-0.4, -0.2) is 16.7 Å². The number of nitrogens with zero attached hydrogens (tertiary/aromatic N) is 2. The fourth-order valence-electron chi connectivity index (χ4n) is 4.35. The number of anilines is 1. The van der Waals surface area contributed by atoms with Gasteiger partial charge in [0, 0.05) is 21.5 Å².